The Morgan fingerprint density at radius 3 is 1.60 bits per heavy atom. The maximum atomic E-state index is 2.36. The maximum Gasteiger partial charge on any atom is -1.00 e. The van der Waals surface area contributed by atoms with Crippen molar-refractivity contribution < 1.29 is 57.7 Å². The minimum atomic E-state index is -1.41. The van der Waals surface area contributed by atoms with Gasteiger partial charge in [-0.3, -0.25) is 0 Å². The molecule has 0 atom stereocenters. The van der Waals surface area contributed by atoms with Gasteiger partial charge in [-0.2, -0.15) is 0 Å². The van der Waals surface area contributed by atoms with Gasteiger partial charge in [-0.25, -0.2) is 0 Å². The van der Waals surface area contributed by atoms with E-state index in [2.05, 4.69) is 118 Å². The third-order valence-electron chi connectivity index (χ3n) is 5.43. The zero-order valence-electron chi connectivity index (χ0n) is 16.8. The number of hydrogen-bond donors (Lipinski definition) is 0. The van der Waals surface area contributed by atoms with Gasteiger partial charge in [0.2, 0.25) is 0 Å². The van der Waals surface area contributed by atoms with Gasteiger partial charge in [-0.15, -0.1) is 0 Å². The van der Waals surface area contributed by atoms with Gasteiger partial charge in [0.05, 0.1) is 0 Å². The number of allylic oxidation sites excluding steroid dienone is 4. The Morgan fingerprint density at radius 1 is 0.700 bits per heavy atom. The second kappa shape index (κ2) is 12.7. The fourth-order valence-corrected chi connectivity index (χ4v) is 8.72. The van der Waals surface area contributed by atoms with E-state index in [0.717, 1.165) is 12.8 Å². The van der Waals surface area contributed by atoms with Crippen LogP contribution in [0.15, 0.2) is 111 Å². The number of hydrogen-bond acceptors (Lipinski definition) is 0. The third kappa shape index (κ3) is 6.01. The van der Waals surface area contributed by atoms with Crippen molar-refractivity contribution in [3.05, 3.63) is 117 Å². The molecule has 30 heavy (non-hydrogen) atoms. The van der Waals surface area contributed by atoms with E-state index in [1.807, 2.05) is 0 Å². The largest absolute Gasteiger partial charge is 1.00 e. The smallest absolute Gasteiger partial charge is 1.00 e. The SMILES string of the molecule is CC1=C(Cc2ccccc2)[C]([Ti+3])=C([SiH](c2ccccc2)c2ccccc2)C1.[Cl-].[Cl-].[Cl-]. The quantitative estimate of drug-likeness (QED) is 0.306. The second-order valence-corrected chi connectivity index (χ2v) is 10.9. The number of rotatable bonds is 5. The summed E-state index contributed by atoms with van der Waals surface area (Å²) in [6, 6.07) is 33.2. The summed E-state index contributed by atoms with van der Waals surface area (Å²) in [7, 11) is -1.41. The predicted octanol–water partition coefficient (Wildman–Crippen LogP) is -4.66. The Labute approximate surface area is 212 Å². The Morgan fingerprint density at radius 2 is 1.13 bits per heavy atom. The molecule has 0 bridgehead atoms. The topological polar surface area (TPSA) is 0 Å². The molecule has 3 aromatic rings. The summed E-state index contributed by atoms with van der Waals surface area (Å²) in [6.45, 7) is 2.33. The molecule has 0 radical (unpaired) electrons. The molecule has 3 aromatic carbocycles. The van der Waals surface area contributed by atoms with Crippen LogP contribution in [0.25, 0.3) is 0 Å². The van der Waals surface area contributed by atoms with Gasteiger partial charge >= 0.3 is 176 Å². The van der Waals surface area contributed by atoms with Crippen LogP contribution in [-0.4, -0.2) is 8.80 Å². The average molecular weight is 506 g/mol. The van der Waals surface area contributed by atoms with E-state index in [1.54, 1.807) is 20.2 Å². The molecule has 0 nitrogen and oxygen atoms in total. The molecule has 152 valence electrons. The molecule has 0 saturated heterocycles. The molecule has 0 N–H and O–H groups in total. The fraction of sp³-hybridized carbons (Fsp3) is 0.120. The van der Waals surface area contributed by atoms with Crippen LogP contribution in [0.5, 0.6) is 0 Å². The van der Waals surface area contributed by atoms with Crippen molar-refractivity contribution in [1.29, 1.82) is 0 Å². The molecule has 0 saturated carbocycles. The normalized spacial score (nSPS) is 12.9. The monoisotopic (exact) mass is 504 g/mol. The van der Waals surface area contributed by atoms with Crippen molar-refractivity contribution in [2.24, 2.45) is 0 Å². The number of benzene rings is 3. The Hall–Kier alpha value is -1.06. The summed E-state index contributed by atoms with van der Waals surface area (Å²) in [5, 5.41) is 4.73. The van der Waals surface area contributed by atoms with Gasteiger partial charge in [-0.1, -0.05) is 0 Å². The van der Waals surface area contributed by atoms with Crippen LogP contribution in [0.4, 0.5) is 0 Å². The minimum absolute atomic E-state index is 0. The first-order valence-corrected chi connectivity index (χ1v) is 12.0. The first-order chi connectivity index (χ1) is 13.2. The van der Waals surface area contributed by atoms with Crippen LogP contribution in [0, 0.1) is 0 Å². The first kappa shape index (κ1) is 27.0. The van der Waals surface area contributed by atoms with Crippen LogP contribution < -0.4 is 47.6 Å². The van der Waals surface area contributed by atoms with E-state index in [9.17, 15) is 0 Å². The van der Waals surface area contributed by atoms with Crippen LogP contribution in [0.1, 0.15) is 18.9 Å². The van der Waals surface area contributed by atoms with Crippen LogP contribution in [0.2, 0.25) is 0 Å². The Kier molecular flexibility index (Phi) is 11.4. The van der Waals surface area contributed by atoms with Crippen molar-refractivity contribution in [3.63, 3.8) is 0 Å². The third-order valence-corrected chi connectivity index (χ3v) is 10.1. The molecule has 0 amide bonds. The zero-order valence-corrected chi connectivity index (χ0v) is 21.8. The van der Waals surface area contributed by atoms with Crippen LogP contribution in [0.3, 0.4) is 0 Å². The van der Waals surface area contributed by atoms with Crippen molar-refractivity contribution >= 4 is 19.2 Å². The summed E-state index contributed by atoms with van der Waals surface area (Å²) >= 11 is 2.36. The van der Waals surface area contributed by atoms with Crippen molar-refractivity contribution in [2.45, 2.75) is 19.8 Å². The van der Waals surface area contributed by atoms with E-state index in [4.69, 9.17) is 0 Å². The minimum Gasteiger partial charge on any atom is -1.00 e. The van der Waals surface area contributed by atoms with Crippen molar-refractivity contribution in [1.82, 2.24) is 0 Å². The van der Waals surface area contributed by atoms with Gasteiger partial charge in [0.25, 0.3) is 0 Å². The van der Waals surface area contributed by atoms with Gasteiger partial charge in [0.15, 0.2) is 0 Å². The summed E-state index contributed by atoms with van der Waals surface area (Å²) in [5.41, 5.74) is 4.52. The standard InChI is InChI=1S/C25H23Si.3ClH.Ti/c1-20-17-25(19-22(20)18-21-11-5-2-6-12-21)26(23-13-7-3-8-14-23)24-15-9-4-10-16-24;;;;/h2-16,26H,17-18H2,1H3;3*1H;/q;;;;+3/p-3. The Balaban J connectivity index is 0.00000150. The van der Waals surface area contributed by atoms with E-state index in [0.29, 0.717) is 0 Å². The average Bonchev–Trinajstić information content (AvgIpc) is 2.99. The van der Waals surface area contributed by atoms with Gasteiger partial charge in [0.1, 0.15) is 0 Å². The molecule has 0 aliphatic heterocycles. The molecule has 5 heteroatoms. The molecule has 4 rings (SSSR count). The van der Waals surface area contributed by atoms with Crippen LogP contribution >= 0.6 is 0 Å². The van der Waals surface area contributed by atoms with E-state index >= 15 is 0 Å². The maximum absolute atomic E-state index is 2.36. The van der Waals surface area contributed by atoms with Gasteiger partial charge in [-0.05, 0) is 0 Å². The molecular formula is C25H23Cl3SiTi. The van der Waals surface area contributed by atoms with Gasteiger partial charge in [0, 0.05) is 0 Å². The first-order valence-electron chi connectivity index (χ1n) is 9.51. The molecule has 0 fully saturated rings. The summed E-state index contributed by atoms with van der Waals surface area (Å²) in [6.07, 6.45) is 2.18. The second-order valence-electron chi connectivity index (χ2n) is 7.25. The molecular weight excluding hydrogens is 483 g/mol. The number of halogens is 3. The molecule has 0 unspecified atom stereocenters. The summed E-state index contributed by atoms with van der Waals surface area (Å²) < 4.78 is 1.54. The van der Waals surface area contributed by atoms with E-state index in [1.165, 1.54) is 15.9 Å². The summed E-state index contributed by atoms with van der Waals surface area (Å²) in [4.78, 5) is 0. The fourth-order valence-electron chi connectivity index (χ4n) is 4.06. The van der Waals surface area contributed by atoms with E-state index in [-0.39, 0.29) is 37.2 Å². The predicted molar refractivity (Wildman–Crippen MR) is 114 cm³/mol. The van der Waals surface area contributed by atoms with E-state index < -0.39 is 8.80 Å². The molecule has 0 aromatic heterocycles. The molecule has 1 aliphatic rings. The zero-order chi connectivity index (χ0) is 18.6. The molecule has 0 spiro atoms. The summed E-state index contributed by atoms with van der Waals surface area (Å²) in [5.74, 6) is 0. The molecule has 1 aliphatic carbocycles. The van der Waals surface area contributed by atoms with Crippen molar-refractivity contribution in [2.75, 3.05) is 0 Å². The van der Waals surface area contributed by atoms with Crippen molar-refractivity contribution in [3.8, 4) is 0 Å². The van der Waals surface area contributed by atoms with Gasteiger partial charge < -0.3 is 37.2 Å². The Bertz CT molecular complexity index is 947. The molecule has 0 heterocycles. The van der Waals surface area contributed by atoms with Crippen LogP contribution in [-0.2, 0) is 26.9 Å².